The zero-order chi connectivity index (χ0) is 17.9. The summed E-state index contributed by atoms with van der Waals surface area (Å²) in [7, 11) is 0. The monoisotopic (exact) mass is 326 g/mol. The lowest BCUT2D eigenvalue weighted by molar-refractivity contribution is -0.133. The molecule has 0 spiro atoms. The lowest BCUT2D eigenvalue weighted by atomic mass is 10.1. The molecule has 0 rings (SSSR count). The van der Waals surface area contributed by atoms with Crippen LogP contribution < -0.4 is 0 Å². The van der Waals surface area contributed by atoms with Gasteiger partial charge in [-0.1, -0.05) is 77.4 Å². The maximum absolute atomic E-state index is 10.5. The molecule has 4 nitrogen and oxygen atoms in total. The van der Waals surface area contributed by atoms with Crippen molar-refractivity contribution in [2.45, 2.75) is 84.5 Å². The van der Waals surface area contributed by atoms with Crippen LogP contribution in [-0.4, -0.2) is 22.2 Å². The fourth-order valence-electron chi connectivity index (χ4n) is 2.04. The molecule has 0 unspecified atom stereocenters. The maximum Gasteiger partial charge on any atom is 0.330 e. The van der Waals surface area contributed by atoms with Crippen LogP contribution in [-0.2, 0) is 9.59 Å². The smallest absolute Gasteiger partial charge is 0.330 e. The van der Waals surface area contributed by atoms with Crippen molar-refractivity contribution in [3.05, 3.63) is 24.3 Å². The molecule has 4 heteroatoms. The van der Waals surface area contributed by atoms with E-state index in [1.54, 1.807) is 6.92 Å². The van der Waals surface area contributed by atoms with Crippen LogP contribution in [0.3, 0.4) is 0 Å². The van der Waals surface area contributed by atoms with Crippen LogP contribution in [0.1, 0.15) is 84.5 Å². The third-order valence-electron chi connectivity index (χ3n) is 3.52. The molecule has 0 aromatic heterocycles. The third kappa shape index (κ3) is 22.8. The van der Waals surface area contributed by atoms with E-state index in [1.165, 1.54) is 57.8 Å². The Balaban J connectivity index is 0. The van der Waals surface area contributed by atoms with Crippen LogP contribution in [0.5, 0.6) is 0 Å². The molecule has 0 radical (unpaired) electrons. The Labute approximate surface area is 141 Å². The fourth-order valence-corrected chi connectivity index (χ4v) is 2.04. The van der Waals surface area contributed by atoms with Crippen LogP contribution in [0.25, 0.3) is 0 Å². The molecule has 0 aliphatic heterocycles. The topological polar surface area (TPSA) is 74.6 Å². The first-order valence-corrected chi connectivity index (χ1v) is 8.71. The summed E-state index contributed by atoms with van der Waals surface area (Å²) in [6, 6.07) is 0. The van der Waals surface area contributed by atoms with Gasteiger partial charge in [0.15, 0.2) is 0 Å². The molecule has 2 N–H and O–H groups in total. The van der Waals surface area contributed by atoms with Gasteiger partial charge in [0, 0.05) is 11.6 Å². The zero-order valence-electron chi connectivity index (χ0n) is 14.9. The molecule has 0 aromatic carbocycles. The van der Waals surface area contributed by atoms with Crippen molar-refractivity contribution < 1.29 is 19.8 Å². The molecule has 0 saturated carbocycles. The van der Waals surface area contributed by atoms with Crippen molar-refractivity contribution in [2.24, 2.45) is 0 Å². The van der Waals surface area contributed by atoms with Crippen LogP contribution in [0.15, 0.2) is 24.3 Å². The van der Waals surface area contributed by atoms with Gasteiger partial charge in [0.1, 0.15) is 0 Å². The molecule has 0 bridgehead atoms. The summed E-state index contributed by atoms with van der Waals surface area (Å²) in [6.45, 7) is 6.88. The number of carboxylic acids is 2. The molecule has 0 atom stereocenters. The van der Waals surface area contributed by atoms with Crippen molar-refractivity contribution in [3.63, 3.8) is 0 Å². The summed E-state index contributed by atoms with van der Waals surface area (Å²) in [5, 5.41) is 16.3. The van der Waals surface area contributed by atoms with E-state index in [0.717, 1.165) is 18.9 Å². The molecule has 0 saturated heterocycles. The Kier molecular flexibility index (Phi) is 19.0. The van der Waals surface area contributed by atoms with Gasteiger partial charge in [-0.15, -0.1) is 0 Å². The van der Waals surface area contributed by atoms with Gasteiger partial charge in [-0.2, -0.15) is 0 Å². The molecule has 0 heterocycles. The van der Waals surface area contributed by atoms with E-state index in [1.807, 2.05) is 6.08 Å². The third-order valence-corrected chi connectivity index (χ3v) is 3.52. The summed E-state index contributed by atoms with van der Waals surface area (Å²) < 4.78 is 0. The fraction of sp³-hybridized carbons (Fsp3) is 0.684. The Morgan fingerprint density at radius 2 is 1.26 bits per heavy atom. The second-order valence-electron chi connectivity index (χ2n) is 5.71. The summed E-state index contributed by atoms with van der Waals surface area (Å²) >= 11 is 0. The molecule has 0 amide bonds. The first-order chi connectivity index (χ1) is 11.0. The Morgan fingerprint density at radius 1 is 0.870 bits per heavy atom. The van der Waals surface area contributed by atoms with Crippen LogP contribution in [0.4, 0.5) is 0 Å². The number of aliphatic carboxylic acids is 2. The van der Waals surface area contributed by atoms with Gasteiger partial charge in [-0.25, -0.2) is 9.59 Å². The minimum absolute atomic E-state index is 0.478. The maximum atomic E-state index is 10.5. The lowest BCUT2D eigenvalue weighted by Crippen LogP contribution is -1.95. The lowest BCUT2D eigenvalue weighted by Gasteiger charge is -2.01. The van der Waals surface area contributed by atoms with Crippen LogP contribution >= 0.6 is 0 Å². The van der Waals surface area contributed by atoms with Gasteiger partial charge < -0.3 is 10.2 Å². The number of allylic oxidation sites excluding steroid dienone is 1. The van der Waals surface area contributed by atoms with Crippen molar-refractivity contribution in [1.29, 1.82) is 0 Å². The highest BCUT2D eigenvalue weighted by Crippen LogP contribution is 2.11. The van der Waals surface area contributed by atoms with E-state index in [2.05, 4.69) is 13.5 Å². The highest BCUT2D eigenvalue weighted by molar-refractivity contribution is 5.85. The normalized spacial score (nSPS) is 10.6. The van der Waals surface area contributed by atoms with Gasteiger partial charge in [-0.3, -0.25) is 0 Å². The zero-order valence-corrected chi connectivity index (χ0v) is 14.9. The van der Waals surface area contributed by atoms with Gasteiger partial charge in [0.05, 0.1) is 0 Å². The van der Waals surface area contributed by atoms with Crippen LogP contribution in [0, 0.1) is 0 Å². The molecular weight excluding hydrogens is 292 g/mol. The Hall–Kier alpha value is -1.58. The van der Waals surface area contributed by atoms with Gasteiger partial charge >= 0.3 is 11.9 Å². The Bertz CT molecular complexity index is 345. The van der Waals surface area contributed by atoms with E-state index in [0.29, 0.717) is 5.57 Å². The molecular formula is C19H34O4. The summed E-state index contributed by atoms with van der Waals surface area (Å²) in [5.74, 6) is -1.77. The first kappa shape index (κ1) is 23.7. The molecule has 23 heavy (non-hydrogen) atoms. The first-order valence-electron chi connectivity index (χ1n) is 8.71. The van der Waals surface area contributed by atoms with E-state index in [-0.39, 0.29) is 0 Å². The number of hydrogen-bond donors (Lipinski definition) is 2. The highest BCUT2D eigenvalue weighted by Gasteiger charge is 1.97. The van der Waals surface area contributed by atoms with E-state index in [9.17, 15) is 9.59 Å². The van der Waals surface area contributed by atoms with E-state index >= 15 is 0 Å². The average molecular weight is 326 g/mol. The predicted molar refractivity (Wildman–Crippen MR) is 95.7 cm³/mol. The molecule has 0 aromatic rings. The molecule has 0 aliphatic rings. The van der Waals surface area contributed by atoms with Crippen molar-refractivity contribution >= 4 is 11.9 Å². The average Bonchev–Trinajstić information content (AvgIpc) is 2.52. The standard InChI is InChI=1S/C16H30O2.C3H4O2/c1-3-4-5-6-7-8-9-10-11-12-13-14-15(2)16(17)18;1-2-3(4)5/h14H,3-13H2,1-2H3,(H,17,18);2H,1H2,(H,4,5). The van der Waals surface area contributed by atoms with Gasteiger partial charge in [0.25, 0.3) is 0 Å². The minimum Gasteiger partial charge on any atom is -0.478 e. The number of rotatable bonds is 13. The molecule has 0 aliphatic carbocycles. The minimum atomic E-state index is -0.981. The molecule has 0 fully saturated rings. The largest absolute Gasteiger partial charge is 0.478 e. The SMILES string of the molecule is C=CC(=O)O.CCCCCCCCCCCCC=C(C)C(=O)O. The Morgan fingerprint density at radius 3 is 1.61 bits per heavy atom. The molecule has 134 valence electrons. The summed E-state index contributed by atoms with van der Waals surface area (Å²) in [6.07, 6.45) is 16.8. The van der Waals surface area contributed by atoms with Gasteiger partial charge in [0.2, 0.25) is 0 Å². The van der Waals surface area contributed by atoms with Crippen molar-refractivity contribution in [3.8, 4) is 0 Å². The number of hydrogen-bond acceptors (Lipinski definition) is 2. The van der Waals surface area contributed by atoms with Gasteiger partial charge in [-0.05, 0) is 19.8 Å². The quantitative estimate of drug-likeness (QED) is 0.342. The van der Waals surface area contributed by atoms with Crippen molar-refractivity contribution in [2.75, 3.05) is 0 Å². The van der Waals surface area contributed by atoms with Crippen molar-refractivity contribution in [1.82, 2.24) is 0 Å². The second kappa shape index (κ2) is 18.5. The number of carbonyl (C=O) groups is 2. The number of carboxylic acid groups (broad SMARTS) is 2. The summed E-state index contributed by atoms with van der Waals surface area (Å²) in [4.78, 5) is 19.8. The predicted octanol–water partition coefficient (Wildman–Crippen LogP) is 5.59. The number of unbranched alkanes of at least 4 members (excludes halogenated alkanes) is 10. The summed E-state index contributed by atoms with van der Waals surface area (Å²) in [5.41, 5.74) is 0.478. The highest BCUT2D eigenvalue weighted by atomic mass is 16.4. The van der Waals surface area contributed by atoms with E-state index in [4.69, 9.17) is 10.2 Å². The van der Waals surface area contributed by atoms with E-state index < -0.39 is 11.9 Å². The second-order valence-corrected chi connectivity index (χ2v) is 5.71. The van der Waals surface area contributed by atoms with Crippen LogP contribution in [0.2, 0.25) is 0 Å².